The Morgan fingerprint density at radius 2 is 1.96 bits per heavy atom. The summed E-state index contributed by atoms with van der Waals surface area (Å²) in [4.78, 5) is 20.8. The van der Waals surface area contributed by atoms with Crippen molar-refractivity contribution < 1.29 is 9.21 Å². The van der Waals surface area contributed by atoms with E-state index >= 15 is 0 Å². The standard InChI is InChI=1S/C20H29N5O2.HI/c1-6-13(2)24-19(26)17-9-7-8-16(10-17)11-22-20(21-5)23-12-18-25-14(3)15(4)27-18;/h7-10,13H,6,11-12H2,1-5H3,(H,24,26)(H2,21,22,23);1H. The molecule has 0 bridgehead atoms. The highest BCUT2D eigenvalue weighted by molar-refractivity contribution is 14.0. The largest absolute Gasteiger partial charge is 0.444 e. The van der Waals surface area contributed by atoms with Crippen LogP contribution in [0.1, 0.15) is 53.5 Å². The number of guanidine groups is 1. The number of aryl methyl sites for hydroxylation is 2. The zero-order valence-electron chi connectivity index (χ0n) is 17.1. The molecule has 154 valence electrons. The normalized spacial score (nSPS) is 12.1. The van der Waals surface area contributed by atoms with Crippen molar-refractivity contribution in [1.82, 2.24) is 20.9 Å². The van der Waals surface area contributed by atoms with Crippen LogP contribution < -0.4 is 16.0 Å². The molecule has 7 nitrogen and oxygen atoms in total. The molecule has 0 aliphatic carbocycles. The molecule has 0 aliphatic heterocycles. The van der Waals surface area contributed by atoms with Gasteiger partial charge in [-0.2, -0.15) is 0 Å². The van der Waals surface area contributed by atoms with Crippen molar-refractivity contribution in [2.45, 2.75) is 53.2 Å². The van der Waals surface area contributed by atoms with Crippen molar-refractivity contribution in [1.29, 1.82) is 0 Å². The van der Waals surface area contributed by atoms with Gasteiger partial charge in [0, 0.05) is 25.2 Å². The summed E-state index contributed by atoms with van der Waals surface area (Å²) in [7, 11) is 1.71. The molecule has 1 unspecified atom stereocenters. The first-order chi connectivity index (χ1) is 12.9. The van der Waals surface area contributed by atoms with Crippen molar-refractivity contribution in [3.05, 3.63) is 52.7 Å². The lowest BCUT2D eigenvalue weighted by molar-refractivity contribution is 0.0939. The minimum absolute atomic E-state index is 0. The van der Waals surface area contributed by atoms with Gasteiger partial charge in [0.2, 0.25) is 5.89 Å². The summed E-state index contributed by atoms with van der Waals surface area (Å²) in [6, 6.07) is 7.73. The van der Waals surface area contributed by atoms with E-state index in [1.807, 2.05) is 52.0 Å². The molecule has 2 aromatic rings. The molecule has 1 heterocycles. The molecule has 0 saturated heterocycles. The third kappa shape index (κ3) is 7.14. The molecular weight excluding hydrogens is 469 g/mol. The van der Waals surface area contributed by atoms with Crippen LogP contribution in [-0.2, 0) is 13.1 Å². The molecule has 8 heteroatoms. The third-order valence-electron chi connectivity index (χ3n) is 4.34. The summed E-state index contributed by atoms with van der Waals surface area (Å²) >= 11 is 0. The van der Waals surface area contributed by atoms with Gasteiger partial charge in [0.1, 0.15) is 5.76 Å². The average molecular weight is 499 g/mol. The Labute approximate surface area is 183 Å². The zero-order chi connectivity index (χ0) is 19.8. The molecule has 0 spiro atoms. The Bertz CT molecular complexity index is 784. The highest BCUT2D eigenvalue weighted by Gasteiger charge is 2.10. The van der Waals surface area contributed by atoms with Crippen LogP contribution in [0.4, 0.5) is 0 Å². The highest BCUT2D eigenvalue weighted by Crippen LogP contribution is 2.08. The Kier molecular flexibility index (Phi) is 9.98. The molecule has 1 amide bonds. The number of nitrogens with zero attached hydrogens (tertiary/aromatic N) is 2. The lowest BCUT2D eigenvalue weighted by Gasteiger charge is -2.13. The Balaban J connectivity index is 0.00000392. The number of aliphatic imine (C=N–C) groups is 1. The fourth-order valence-corrected chi connectivity index (χ4v) is 2.41. The van der Waals surface area contributed by atoms with Crippen LogP contribution in [0.2, 0.25) is 0 Å². The van der Waals surface area contributed by atoms with Gasteiger partial charge in [0.05, 0.1) is 12.2 Å². The second-order valence-corrected chi connectivity index (χ2v) is 6.51. The fraction of sp³-hybridized carbons (Fsp3) is 0.450. The van der Waals surface area contributed by atoms with Gasteiger partial charge in [-0.3, -0.25) is 9.79 Å². The maximum Gasteiger partial charge on any atom is 0.251 e. The Hall–Kier alpha value is -2.10. The number of halogens is 1. The maximum absolute atomic E-state index is 12.3. The van der Waals surface area contributed by atoms with Crippen LogP contribution in [0.25, 0.3) is 0 Å². The van der Waals surface area contributed by atoms with E-state index in [4.69, 9.17) is 4.42 Å². The number of oxazole rings is 1. The molecule has 1 atom stereocenters. The van der Waals surface area contributed by atoms with E-state index in [9.17, 15) is 4.79 Å². The third-order valence-corrected chi connectivity index (χ3v) is 4.34. The zero-order valence-corrected chi connectivity index (χ0v) is 19.5. The van der Waals surface area contributed by atoms with Crippen molar-refractivity contribution in [2.75, 3.05) is 7.05 Å². The maximum atomic E-state index is 12.3. The van der Waals surface area contributed by atoms with Crippen LogP contribution in [0.5, 0.6) is 0 Å². The minimum atomic E-state index is -0.0525. The molecule has 0 saturated carbocycles. The second kappa shape index (κ2) is 11.7. The first-order valence-electron chi connectivity index (χ1n) is 9.20. The van der Waals surface area contributed by atoms with E-state index in [0.29, 0.717) is 30.5 Å². The molecule has 1 aromatic heterocycles. The van der Waals surface area contributed by atoms with E-state index < -0.39 is 0 Å². The van der Waals surface area contributed by atoms with Crippen molar-refractivity contribution in [3.8, 4) is 0 Å². The number of hydrogen-bond acceptors (Lipinski definition) is 4. The Morgan fingerprint density at radius 1 is 1.25 bits per heavy atom. The van der Waals surface area contributed by atoms with E-state index in [2.05, 4.69) is 25.9 Å². The number of rotatable bonds is 7. The number of hydrogen-bond donors (Lipinski definition) is 3. The van der Waals surface area contributed by atoms with E-state index in [1.54, 1.807) is 7.05 Å². The number of nitrogens with one attached hydrogen (secondary N) is 3. The van der Waals surface area contributed by atoms with Crippen molar-refractivity contribution in [3.63, 3.8) is 0 Å². The van der Waals surface area contributed by atoms with Gasteiger partial charge in [-0.05, 0) is 44.9 Å². The van der Waals surface area contributed by atoms with Gasteiger partial charge < -0.3 is 20.4 Å². The number of aromatic nitrogens is 1. The van der Waals surface area contributed by atoms with Gasteiger partial charge in [-0.25, -0.2) is 4.98 Å². The smallest absolute Gasteiger partial charge is 0.251 e. The van der Waals surface area contributed by atoms with E-state index in [1.165, 1.54) is 0 Å². The van der Waals surface area contributed by atoms with Crippen LogP contribution in [0.15, 0.2) is 33.7 Å². The summed E-state index contributed by atoms with van der Waals surface area (Å²) in [5.41, 5.74) is 2.54. The second-order valence-electron chi connectivity index (χ2n) is 6.51. The molecule has 0 fully saturated rings. The Morgan fingerprint density at radius 3 is 2.57 bits per heavy atom. The summed E-state index contributed by atoms with van der Waals surface area (Å²) in [5.74, 6) is 2.03. The van der Waals surface area contributed by atoms with Gasteiger partial charge in [-0.15, -0.1) is 24.0 Å². The quantitative estimate of drug-likeness (QED) is 0.309. The monoisotopic (exact) mass is 499 g/mol. The lowest BCUT2D eigenvalue weighted by atomic mass is 10.1. The molecule has 0 radical (unpaired) electrons. The van der Waals surface area contributed by atoms with Gasteiger partial charge >= 0.3 is 0 Å². The summed E-state index contributed by atoms with van der Waals surface area (Å²) < 4.78 is 5.55. The van der Waals surface area contributed by atoms with Gasteiger partial charge in [0.25, 0.3) is 5.91 Å². The molecule has 28 heavy (non-hydrogen) atoms. The van der Waals surface area contributed by atoms with Crippen LogP contribution in [-0.4, -0.2) is 29.9 Å². The predicted molar refractivity (Wildman–Crippen MR) is 122 cm³/mol. The lowest BCUT2D eigenvalue weighted by Crippen LogP contribution is -2.36. The minimum Gasteiger partial charge on any atom is -0.444 e. The average Bonchev–Trinajstić information content (AvgIpc) is 2.99. The van der Waals surface area contributed by atoms with E-state index in [0.717, 1.165) is 23.4 Å². The van der Waals surface area contributed by atoms with Crippen LogP contribution in [0.3, 0.4) is 0 Å². The van der Waals surface area contributed by atoms with Crippen molar-refractivity contribution in [2.24, 2.45) is 4.99 Å². The molecular formula is C20H30IN5O2. The first kappa shape index (κ1) is 23.9. The van der Waals surface area contributed by atoms with E-state index in [-0.39, 0.29) is 35.9 Å². The number of benzene rings is 1. The van der Waals surface area contributed by atoms with Gasteiger partial charge in [0.15, 0.2) is 5.96 Å². The SMILES string of the molecule is CCC(C)NC(=O)c1cccc(CNC(=NC)NCc2nc(C)c(C)o2)c1.I. The molecule has 0 aliphatic rings. The summed E-state index contributed by atoms with van der Waals surface area (Å²) in [6.45, 7) is 8.85. The predicted octanol–water partition coefficient (Wildman–Crippen LogP) is 3.30. The number of carbonyl (C=O) groups excluding carboxylic acids is 1. The number of amides is 1. The van der Waals surface area contributed by atoms with Crippen LogP contribution in [0, 0.1) is 13.8 Å². The highest BCUT2D eigenvalue weighted by atomic mass is 127. The first-order valence-corrected chi connectivity index (χ1v) is 9.20. The summed E-state index contributed by atoms with van der Waals surface area (Å²) in [5, 5.41) is 9.39. The topological polar surface area (TPSA) is 91.5 Å². The summed E-state index contributed by atoms with van der Waals surface area (Å²) in [6.07, 6.45) is 0.901. The molecule has 2 rings (SSSR count). The van der Waals surface area contributed by atoms with Gasteiger partial charge in [-0.1, -0.05) is 19.1 Å². The fourth-order valence-electron chi connectivity index (χ4n) is 2.41. The number of carbonyl (C=O) groups is 1. The molecule has 1 aromatic carbocycles. The van der Waals surface area contributed by atoms with Crippen LogP contribution >= 0.6 is 24.0 Å². The molecule has 3 N–H and O–H groups in total. The van der Waals surface area contributed by atoms with Crippen molar-refractivity contribution >= 4 is 35.8 Å².